The van der Waals surface area contributed by atoms with E-state index in [1.165, 1.54) is 11.6 Å². The van der Waals surface area contributed by atoms with E-state index in [-0.39, 0.29) is 23.6 Å². The predicted octanol–water partition coefficient (Wildman–Crippen LogP) is 2.04. The second-order valence-corrected chi connectivity index (χ2v) is 7.92. The Bertz CT molecular complexity index is 1200. The lowest BCUT2D eigenvalue weighted by Crippen LogP contribution is -2.19. The number of benzene rings is 1. The van der Waals surface area contributed by atoms with Gasteiger partial charge in [0.25, 0.3) is 21.0 Å². The SMILES string of the molecule is CCOC(=O)c1c(C)ccc(C)c1NS(=O)(=O)c1nc2nc(OC)c(C)cn2n1. The number of fused-ring (bicyclic) bond motifs is 1. The molecule has 0 aliphatic carbocycles. The number of nitrogens with one attached hydrogen (secondary N) is 1. The van der Waals surface area contributed by atoms with Gasteiger partial charge in [-0.15, -0.1) is 5.10 Å². The zero-order valence-electron chi connectivity index (χ0n) is 16.7. The number of hydrogen-bond acceptors (Lipinski definition) is 8. The van der Waals surface area contributed by atoms with Gasteiger partial charge in [0.15, 0.2) is 0 Å². The van der Waals surface area contributed by atoms with Crippen LogP contribution in [0.25, 0.3) is 5.78 Å². The number of ether oxygens (including phenoxy) is 2. The number of carbonyl (C=O) groups excluding carboxylic acids is 1. The number of esters is 1. The van der Waals surface area contributed by atoms with Crippen LogP contribution in [0.3, 0.4) is 0 Å². The number of rotatable bonds is 6. The van der Waals surface area contributed by atoms with E-state index >= 15 is 0 Å². The van der Waals surface area contributed by atoms with E-state index in [1.54, 1.807) is 46.0 Å². The van der Waals surface area contributed by atoms with Gasteiger partial charge in [0, 0.05) is 11.8 Å². The van der Waals surface area contributed by atoms with Crippen LogP contribution in [0.4, 0.5) is 5.69 Å². The lowest BCUT2D eigenvalue weighted by Gasteiger charge is -2.15. The summed E-state index contributed by atoms with van der Waals surface area (Å²) >= 11 is 0. The van der Waals surface area contributed by atoms with Crippen molar-refractivity contribution in [1.82, 2.24) is 19.6 Å². The number of aromatic nitrogens is 4. The van der Waals surface area contributed by atoms with Crippen molar-refractivity contribution < 1.29 is 22.7 Å². The van der Waals surface area contributed by atoms with Crippen LogP contribution in [0.1, 0.15) is 34.0 Å². The maximum absolute atomic E-state index is 12.9. The summed E-state index contributed by atoms with van der Waals surface area (Å²) in [6.45, 7) is 6.98. The molecule has 11 heteroatoms. The number of carbonyl (C=O) groups is 1. The molecule has 0 bridgehead atoms. The third-order valence-electron chi connectivity index (χ3n) is 4.22. The van der Waals surface area contributed by atoms with Gasteiger partial charge < -0.3 is 9.47 Å². The topological polar surface area (TPSA) is 125 Å². The first-order chi connectivity index (χ1) is 13.7. The molecule has 0 saturated carbocycles. The van der Waals surface area contributed by atoms with E-state index in [0.717, 1.165) is 0 Å². The standard InChI is InChI=1S/C18H21N5O5S/c1-6-28-16(24)13-10(2)7-8-11(3)14(13)22-29(25,26)18-20-17-19-15(27-5)12(4)9-23(17)21-18/h7-9,22H,6H2,1-5H3. The van der Waals surface area contributed by atoms with Gasteiger partial charge in [0.1, 0.15) is 0 Å². The summed E-state index contributed by atoms with van der Waals surface area (Å²) in [4.78, 5) is 20.5. The summed E-state index contributed by atoms with van der Waals surface area (Å²) < 4.78 is 39.8. The third-order valence-corrected chi connectivity index (χ3v) is 5.35. The van der Waals surface area contributed by atoms with E-state index in [2.05, 4.69) is 19.8 Å². The Hall–Kier alpha value is -3.21. The zero-order valence-corrected chi connectivity index (χ0v) is 17.5. The van der Waals surface area contributed by atoms with E-state index in [0.29, 0.717) is 22.6 Å². The summed E-state index contributed by atoms with van der Waals surface area (Å²) in [6, 6.07) is 3.43. The predicted molar refractivity (Wildman–Crippen MR) is 105 cm³/mol. The highest BCUT2D eigenvalue weighted by Gasteiger charge is 2.26. The summed E-state index contributed by atoms with van der Waals surface area (Å²) in [7, 11) is -2.74. The number of aryl methyl sites for hydroxylation is 3. The summed E-state index contributed by atoms with van der Waals surface area (Å²) in [5.74, 6) is -0.225. The van der Waals surface area contributed by atoms with Gasteiger partial charge in [-0.3, -0.25) is 4.72 Å². The fraction of sp³-hybridized carbons (Fsp3) is 0.333. The molecular formula is C18H21N5O5S. The van der Waals surface area contributed by atoms with Crippen molar-refractivity contribution >= 4 is 27.5 Å². The molecule has 10 nitrogen and oxygen atoms in total. The van der Waals surface area contributed by atoms with Gasteiger partial charge in [0.2, 0.25) is 5.88 Å². The highest BCUT2D eigenvalue weighted by Crippen LogP contribution is 2.27. The molecule has 0 fully saturated rings. The van der Waals surface area contributed by atoms with Gasteiger partial charge in [-0.25, -0.2) is 9.31 Å². The third kappa shape index (κ3) is 3.86. The Balaban J connectivity index is 2.07. The van der Waals surface area contributed by atoms with Crippen molar-refractivity contribution in [1.29, 1.82) is 0 Å². The van der Waals surface area contributed by atoms with Gasteiger partial charge in [0.05, 0.1) is 25.0 Å². The largest absolute Gasteiger partial charge is 0.481 e. The van der Waals surface area contributed by atoms with Gasteiger partial charge in [-0.05, 0) is 38.8 Å². The number of hydrogen-bond donors (Lipinski definition) is 1. The second-order valence-electron chi connectivity index (χ2n) is 6.35. The second kappa shape index (κ2) is 7.66. The fourth-order valence-corrected chi connectivity index (χ4v) is 3.81. The molecule has 0 aliphatic rings. The summed E-state index contributed by atoms with van der Waals surface area (Å²) in [5.41, 5.74) is 2.08. The smallest absolute Gasteiger partial charge is 0.340 e. The quantitative estimate of drug-likeness (QED) is 0.602. The number of anilines is 1. The summed E-state index contributed by atoms with van der Waals surface area (Å²) in [5, 5.41) is 3.52. The molecule has 0 unspecified atom stereocenters. The van der Waals surface area contributed by atoms with E-state index in [9.17, 15) is 13.2 Å². The van der Waals surface area contributed by atoms with E-state index < -0.39 is 21.1 Å². The number of sulfonamides is 1. The van der Waals surface area contributed by atoms with E-state index in [1.807, 2.05) is 0 Å². The Morgan fingerprint density at radius 3 is 2.48 bits per heavy atom. The van der Waals surface area contributed by atoms with Crippen LogP contribution in [0.5, 0.6) is 5.88 Å². The first kappa shape index (κ1) is 20.5. The fourth-order valence-electron chi connectivity index (χ4n) is 2.79. The molecule has 154 valence electrons. The molecule has 2 aromatic heterocycles. The highest BCUT2D eigenvalue weighted by atomic mass is 32.2. The minimum absolute atomic E-state index is 0.0689. The number of nitrogens with zero attached hydrogens (tertiary/aromatic N) is 4. The van der Waals surface area contributed by atoms with E-state index in [4.69, 9.17) is 9.47 Å². The van der Waals surface area contributed by atoms with Gasteiger partial charge in [-0.2, -0.15) is 18.4 Å². The molecule has 1 N–H and O–H groups in total. The minimum atomic E-state index is -4.20. The highest BCUT2D eigenvalue weighted by molar-refractivity contribution is 7.92. The summed E-state index contributed by atoms with van der Waals surface area (Å²) in [6.07, 6.45) is 1.56. The van der Waals surface area contributed by atoms with Crippen LogP contribution in [0.15, 0.2) is 23.5 Å². The molecule has 29 heavy (non-hydrogen) atoms. The van der Waals surface area contributed by atoms with Crippen LogP contribution >= 0.6 is 0 Å². The molecule has 0 atom stereocenters. The average Bonchev–Trinajstić information content (AvgIpc) is 3.07. The van der Waals surface area contributed by atoms with Gasteiger partial charge in [-0.1, -0.05) is 12.1 Å². The maximum Gasteiger partial charge on any atom is 0.340 e. The average molecular weight is 419 g/mol. The minimum Gasteiger partial charge on any atom is -0.481 e. The lowest BCUT2D eigenvalue weighted by atomic mass is 10.0. The van der Waals surface area contributed by atoms with Gasteiger partial charge >= 0.3 is 5.97 Å². The maximum atomic E-state index is 12.9. The molecule has 0 spiro atoms. The molecule has 0 saturated heterocycles. The molecule has 0 radical (unpaired) electrons. The Morgan fingerprint density at radius 1 is 1.14 bits per heavy atom. The van der Waals surface area contributed by atoms with Crippen LogP contribution < -0.4 is 9.46 Å². The Morgan fingerprint density at radius 2 is 1.83 bits per heavy atom. The number of methoxy groups -OCH3 is 1. The Labute approximate surface area is 167 Å². The van der Waals surface area contributed by atoms with Crippen LogP contribution in [-0.4, -0.2) is 47.7 Å². The van der Waals surface area contributed by atoms with Crippen LogP contribution in [0.2, 0.25) is 0 Å². The monoisotopic (exact) mass is 419 g/mol. The van der Waals surface area contributed by atoms with Crippen molar-refractivity contribution in [3.8, 4) is 5.88 Å². The molecule has 1 aromatic carbocycles. The molecular weight excluding hydrogens is 398 g/mol. The lowest BCUT2D eigenvalue weighted by molar-refractivity contribution is 0.0526. The molecule has 2 heterocycles. The molecule has 3 rings (SSSR count). The molecule has 0 aliphatic heterocycles. The van der Waals surface area contributed by atoms with Crippen molar-refractivity contribution in [3.63, 3.8) is 0 Å². The molecule has 3 aromatic rings. The van der Waals surface area contributed by atoms with Crippen LogP contribution in [0, 0.1) is 20.8 Å². The first-order valence-electron chi connectivity index (χ1n) is 8.76. The van der Waals surface area contributed by atoms with Crippen molar-refractivity contribution in [2.75, 3.05) is 18.4 Å². The molecule has 0 amide bonds. The normalized spacial score (nSPS) is 11.5. The first-order valence-corrected chi connectivity index (χ1v) is 10.2. The van der Waals surface area contributed by atoms with Crippen molar-refractivity contribution in [2.24, 2.45) is 0 Å². The van der Waals surface area contributed by atoms with Crippen molar-refractivity contribution in [2.45, 2.75) is 32.9 Å². The van der Waals surface area contributed by atoms with Crippen LogP contribution in [-0.2, 0) is 14.8 Å². The zero-order chi connectivity index (χ0) is 21.3. The van der Waals surface area contributed by atoms with Crippen molar-refractivity contribution in [3.05, 3.63) is 40.6 Å². The Kier molecular flexibility index (Phi) is 5.42.